The van der Waals surface area contributed by atoms with Crippen molar-refractivity contribution in [3.8, 4) is 0 Å². The monoisotopic (exact) mass is 254 g/mol. The van der Waals surface area contributed by atoms with Crippen LogP contribution in [0.3, 0.4) is 0 Å². The number of halogens is 1. The van der Waals surface area contributed by atoms with E-state index in [1.54, 1.807) is 4.90 Å². The first-order chi connectivity index (χ1) is 8.51. The van der Waals surface area contributed by atoms with Gasteiger partial charge in [-0.3, -0.25) is 14.9 Å². The zero-order valence-electron chi connectivity index (χ0n) is 10.4. The van der Waals surface area contributed by atoms with E-state index in [0.717, 1.165) is 18.6 Å². The van der Waals surface area contributed by atoms with Crippen LogP contribution in [0.5, 0.6) is 0 Å². The minimum atomic E-state index is -0.935. The summed E-state index contributed by atoms with van der Waals surface area (Å²) in [5.41, 5.74) is -0.535. The lowest BCUT2D eigenvalue weighted by molar-refractivity contribution is -0.387. The molecule has 0 unspecified atom stereocenters. The van der Waals surface area contributed by atoms with Crippen molar-refractivity contribution in [1.29, 1.82) is 0 Å². The van der Waals surface area contributed by atoms with E-state index in [4.69, 9.17) is 0 Å². The SMILES string of the molecule is CCCN(CC)C(=O)c1ccc(F)c([N+](=O)[O-])c1. The number of benzene rings is 1. The molecule has 0 saturated heterocycles. The van der Waals surface area contributed by atoms with Gasteiger partial charge in [0.2, 0.25) is 5.82 Å². The van der Waals surface area contributed by atoms with Crippen LogP contribution in [-0.2, 0) is 0 Å². The van der Waals surface area contributed by atoms with E-state index in [2.05, 4.69) is 0 Å². The summed E-state index contributed by atoms with van der Waals surface area (Å²) in [6.07, 6.45) is 0.795. The third-order valence-corrected chi connectivity index (χ3v) is 2.55. The van der Waals surface area contributed by atoms with E-state index in [1.807, 2.05) is 13.8 Å². The molecule has 0 aliphatic heterocycles. The van der Waals surface area contributed by atoms with Crippen molar-refractivity contribution in [3.05, 3.63) is 39.7 Å². The van der Waals surface area contributed by atoms with Gasteiger partial charge in [0.15, 0.2) is 0 Å². The molecular formula is C12H15FN2O3. The molecule has 98 valence electrons. The third-order valence-electron chi connectivity index (χ3n) is 2.55. The van der Waals surface area contributed by atoms with Crippen molar-refractivity contribution >= 4 is 11.6 Å². The molecule has 0 N–H and O–H groups in total. The molecule has 1 aromatic carbocycles. The molecule has 0 aliphatic rings. The molecule has 0 atom stereocenters. The summed E-state index contributed by atoms with van der Waals surface area (Å²) in [6, 6.07) is 3.20. The lowest BCUT2D eigenvalue weighted by Crippen LogP contribution is -2.31. The summed E-state index contributed by atoms with van der Waals surface area (Å²) in [7, 11) is 0. The fourth-order valence-electron chi connectivity index (χ4n) is 1.64. The Kier molecular flexibility index (Phi) is 4.76. The van der Waals surface area contributed by atoms with Gasteiger partial charge in [0.05, 0.1) is 4.92 Å². The van der Waals surface area contributed by atoms with E-state index in [-0.39, 0.29) is 11.5 Å². The largest absolute Gasteiger partial charge is 0.339 e. The number of hydrogen-bond acceptors (Lipinski definition) is 3. The van der Waals surface area contributed by atoms with Crippen LogP contribution in [0.1, 0.15) is 30.6 Å². The normalized spacial score (nSPS) is 10.2. The zero-order chi connectivity index (χ0) is 13.7. The van der Waals surface area contributed by atoms with Crippen LogP contribution in [0.15, 0.2) is 18.2 Å². The molecule has 6 heteroatoms. The second-order valence-electron chi connectivity index (χ2n) is 3.81. The van der Waals surface area contributed by atoms with Crippen LogP contribution in [0.4, 0.5) is 10.1 Å². The van der Waals surface area contributed by atoms with E-state index in [0.29, 0.717) is 13.1 Å². The van der Waals surface area contributed by atoms with Crippen LogP contribution in [0.25, 0.3) is 0 Å². The molecule has 0 radical (unpaired) electrons. The van der Waals surface area contributed by atoms with Gasteiger partial charge in [0.1, 0.15) is 0 Å². The van der Waals surface area contributed by atoms with E-state index < -0.39 is 16.4 Å². The Labute approximate surface area is 104 Å². The fourth-order valence-corrected chi connectivity index (χ4v) is 1.64. The van der Waals surface area contributed by atoms with Crippen molar-refractivity contribution in [2.45, 2.75) is 20.3 Å². The maximum atomic E-state index is 13.1. The number of amides is 1. The van der Waals surface area contributed by atoms with Gasteiger partial charge in [-0.25, -0.2) is 0 Å². The van der Waals surface area contributed by atoms with Crippen LogP contribution >= 0.6 is 0 Å². The van der Waals surface area contributed by atoms with E-state index in [9.17, 15) is 19.3 Å². The molecule has 0 spiro atoms. The Morgan fingerprint density at radius 1 is 1.44 bits per heavy atom. The fraction of sp³-hybridized carbons (Fsp3) is 0.417. The molecule has 1 aromatic rings. The Hall–Kier alpha value is -1.98. The Morgan fingerprint density at radius 3 is 2.61 bits per heavy atom. The van der Waals surface area contributed by atoms with Crippen LogP contribution in [0, 0.1) is 15.9 Å². The lowest BCUT2D eigenvalue weighted by Gasteiger charge is -2.19. The molecule has 0 fully saturated rings. The number of hydrogen-bond donors (Lipinski definition) is 0. The first-order valence-corrected chi connectivity index (χ1v) is 5.74. The van der Waals surface area contributed by atoms with Gasteiger partial charge < -0.3 is 4.90 Å². The number of carbonyl (C=O) groups is 1. The maximum absolute atomic E-state index is 13.1. The van der Waals surface area contributed by atoms with E-state index in [1.165, 1.54) is 6.07 Å². The summed E-state index contributed by atoms with van der Waals surface area (Å²) < 4.78 is 13.1. The van der Waals surface area contributed by atoms with Gasteiger partial charge >= 0.3 is 5.69 Å². The molecule has 0 bridgehead atoms. The molecule has 0 saturated carbocycles. The summed E-state index contributed by atoms with van der Waals surface area (Å²) >= 11 is 0. The number of nitro groups is 1. The average Bonchev–Trinajstić information content (AvgIpc) is 2.35. The highest BCUT2D eigenvalue weighted by molar-refractivity contribution is 5.94. The van der Waals surface area contributed by atoms with Gasteiger partial charge in [-0.05, 0) is 25.5 Å². The number of nitrogens with zero attached hydrogens (tertiary/aromatic N) is 2. The quantitative estimate of drug-likeness (QED) is 0.599. The van der Waals surface area contributed by atoms with Crippen molar-refractivity contribution < 1.29 is 14.1 Å². The second kappa shape index (κ2) is 6.09. The van der Waals surface area contributed by atoms with Crippen molar-refractivity contribution in [3.63, 3.8) is 0 Å². The highest BCUT2D eigenvalue weighted by Crippen LogP contribution is 2.19. The molecular weight excluding hydrogens is 239 g/mol. The standard InChI is InChI=1S/C12H15FN2O3/c1-3-7-14(4-2)12(16)9-5-6-10(13)11(8-9)15(17)18/h5-6,8H,3-4,7H2,1-2H3. The van der Waals surface area contributed by atoms with Crippen LogP contribution in [-0.4, -0.2) is 28.8 Å². The van der Waals surface area contributed by atoms with Crippen LogP contribution in [0.2, 0.25) is 0 Å². The molecule has 0 aromatic heterocycles. The van der Waals surface area contributed by atoms with Gasteiger partial charge in [0.25, 0.3) is 5.91 Å². The predicted octanol–water partition coefficient (Wildman–Crippen LogP) is 2.61. The summed E-state index contributed by atoms with van der Waals surface area (Å²) in [5.74, 6) is -1.25. The van der Waals surface area contributed by atoms with Crippen molar-refractivity contribution in [2.24, 2.45) is 0 Å². The van der Waals surface area contributed by atoms with Gasteiger partial charge in [-0.2, -0.15) is 4.39 Å². The second-order valence-corrected chi connectivity index (χ2v) is 3.81. The molecule has 5 nitrogen and oxygen atoms in total. The van der Waals surface area contributed by atoms with Crippen molar-refractivity contribution in [1.82, 2.24) is 4.90 Å². The number of nitro benzene ring substituents is 1. The molecule has 1 rings (SSSR count). The molecule has 18 heavy (non-hydrogen) atoms. The van der Waals surface area contributed by atoms with E-state index >= 15 is 0 Å². The average molecular weight is 254 g/mol. The number of carbonyl (C=O) groups excluding carboxylic acids is 1. The van der Waals surface area contributed by atoms with Crippen molar-refractivity contribution in [2.75, 3.05) is 13.1 Å². The topological polar surface area (TPSA) is 63.5 Å². The first kappa shape index (κ1) is 14.1. The third kappa shape index (κ3) is 3.03. The summed E-state index contributed by atoms with van der Waals surface area (Å²) in [6.45, 7) is 4.84. The molecule has 0 aliphatic carbocycles. The van der Waals surface area contributed by atoms with Crippen LogP contribution < -0.4 is 0 Å². The highest BCUT2D eigenvalue weighted by atomic mass is 19.1. The highest BCUT2D eigenvalue weighted by Gasteiger charge is 2.20. The lowest BCUT2D eigenvalue weighted by atomic mass is 10.1. The summed E-state index contributed by atoms with van der Waals surface area (Å²) in [5, 5.41) is 10.6. The predicted molar refractivity (Wildman–Crippen MR) is 64.9 cm³/mol. The smallest absolute Gasteiger partial charge is 0.305 e. The zero-order valence-corrected chi connectivity index (χ0v) is 10.4. The minimum absolute atomic E-state index is 0.137. The Morgan fingerprint density at radius 2 is 2.11 bits per heavy atom. The number of rotatable bonds is 5. The maximum Gasteiger partial charge on any atom is 0.305 e. The van der Waals surface area contributed by atoms with Gasteiger partial charge in [0, 0.05) is 24.7 Å². The Balaban J connectivity index is 3.06. The first-order valence-electron chi connectivity index (χ1n) is 5.74. The molecule has 1 amide bonds. The molecule has 0 heterocycles. The van der Waals surface area contributed by atoms with Gasteiger partial charge in [-0.1, -0.05) is 6.92 Å². The Bertz CT molecular complexity index is 463. The van der Waals surface area contributed by atoms with Gasteiger partial charge in [-0.15, -0.1) is 0 Å². The minimum Gasteiger partial charge on any atom is -0.339 e. The summed E-state index contributed by atoms with van der Waals surface area (Å²) in [4.78, 5) is 23.4.